The molecule has 1 saturated carbocycles. The van der Waals surface area contributed by atoms with Gasteiger partial charge in [-0.1, -0.05) is 6.92 Å². The molecule has 4 atom stereocenters. The first-order chi connectivity index (χ1) is 8.31. The Balaban J connectivity index is 2.80. The third-order valence-electron chi connectivity index (χ3n) is 3.19. The zero-order chi connectivity index (χ0) is 13.9. The molecule has 2 unspecified atom stereocenters. The summed E-state index contributed by atoms with van der Waals surface area (Å²) in [6.07, 6.45) is -0.537. The van der Waals surface area contributed by atoms with Crippen molar-refractivity contribution in [3.8, 4) is 0 Å². The lowest BCUT2D eigenvalue weighted by Gasteiger charge is -2.37. The third kappa shape index (κ3) is 3.72. The Morgan fingerprint density at radius 3 is 1.67 bits per heavy atom. The summed E-state index contributed by atoms with van der Waals surface area (Å²) in [4.78, 5) is 33.0. The summed E-state index contributed by atoms with van der Waals surface area (Å²) in [6, 6.07) is 0. The lowest BCUT2D eigenvalue weighted by atomic mass is 9.78. The molecule has 0 spiro atoms. The molecule has 0 radical (unpaired) electrons. The van der Waals surface area contributed by atoms with E-state index in [1.807, 2.05) is 0 Å². The standard InChI is InChI=1S/C12H18O6/c1-6-10(17-7(2)13)4-9(12(15)16)5-11(6)18-8(3)14/h6,9-11H,4-5H2,1-3H3,(H,15,16)/t6?,9?,10-,11+. The van der Waals surface area contributed by atoms with Gasteiger partial charge in [0.1, 0.15) is 12.2 Å². The average Bonchev–Trinajstić information content (AvgIpc) is 2.22. The first-order valence-corrected chi connectivity index (χ1v) is 5.88. The quantitative estimate of drug-likeness (QED) is 0.759. The van der Waals surface area contributed by atoms with Crippen molar-refractivity contribution >= 4 is 17.9 Å². The molecule has 6 heteroatoms. The van der Waals surface area contributed by atoms with E-state index in [0.717, 1.165) is 0 Å². The van der Waals surface area contributed by atoms with E-state index < -0.39 is 36.0 Å². The molecule has 0 saturated heterocycles. The van der Waals surface area contributed by atoms with Crippen molar-refractivity contribution in [3.05, 3.63) is 0 Å². The fourth-order valence-electron chi connectivity index (χ4n) is 2.26. The number of hydrogen-bond donors (Lipinski definition) is 1. The van der Waals surface area contributed by atoms with Crippen LogP contribution in [0, 0.1) is 11.8 Å². The van der Waals surface area contributed by atoms with Crippen molar-refractivity contribution in [1.29, 1.82) is 0 Å². The van der Waals surface area contributed by atoms with Crippen LogP contribution in [0.25, 0.3) is 0 Å². The number of hydrogen-bond acceptors (Lipinski definition) is 5. The maximum atomic E-state index is 11.0. The molecule has 0 amide bonds. The maximum Gasteiger partial charge on any atom is 0.306 e. The number of esters is 2. The highest BCUT2D eigenvalue weighted by molar-refractivity contribution is 5.71. The van der Waals surface area contributed by atoms with Gasteiger partial charge in [0, 0.05) is 19.8 Å². The SMILES string of the molecule is CC(=O)O[C@H]1CC(C(=O)O)C[C@@H](OC(C)=O)C1C. The highest BCUT2D eigenvalue weighted by Crippen LogP contribution is 2.33. The molecule has 0 aromatic carbocycles. The van der Waals surface area contributed by atoms with E-state index in [9.17, 15) is 14.4 Å². The second-order valence-electron chi connectivity index (χ2n) is 4.66. The van der Waals surface area contributed by atoms with Crippen LogP contribution in [0.5, 0.6) is 0 Å². The van der Waals surface area contributed by atoms with Crippen LogP contribution in [-0.4, -0.2) is 35.2 Å². The van der Waals surface area contributed by atoms with Gasteiger partial charge >= 0.3 is 17.9 Å². The van der Waals surface area contributed by atoms with Crippen LogP contribution in [0.1, 0.15) is 33.6 Å². The summed E-state index contributed by atoms with van der Waals surface area (Å²) in [5.41, 5.74) is 0. The summed E-state index contributed by atoms with van der Waals surface area (Å²) >= 11 is 0. The monoisotopic (exact) mass is 258 g/mol. The van der Waals surface area contributed by atoms with E-state index >= 15 is 0 Å². The molecule has 18 heavy (non-hydrogen) atoms. The fourth-order valence-corrected chi connectivity index (χ4v) is 2.26. The van der Waals surface area contributed by atoms with Crippen LogP contribution in [0.2, 0.25) is 0 Å². The van der Waals surface area contributed by atoms with Gasteiger partial charge in [-0.15, -0.1) is 0 Å². The predicted molar refractivity (Wildman–Crippen MR) is 60.6 cm³/mol. The van der Waals surface area contributed by atoms with Gasteiger partial charge in [-0.2, -0.15) is 0 Å². The first kappa shape index (κ1) is 14.5. The molecule has 0 aliphatic heterocycles. The van der Waals surface area contributed by atoms with Crippen molar-refractivity contribution in [3.63, 3.8) is 0 Å². The second-order valence-corrected chi connectivity index (χ2v) is 4.66. The third-order valence-corrected chi connectivity index (χ3v) is 3.19. The molecule has 1 aliphatic rings. The molecule has 102 valence electrons. The minimum atomic E-state index is -0.962. The number of carboxylic acid groups (broad SMARTS) is 1. The van der Waals surface area contributed by atoms with Gasteiger partial charge in [0.2, 0.25) is 0 Å². The fraction of sp³-hybridized carbons (Fsp3) is 0.750. The number of aliphatic carboxylic acids is 1. The minimum Gasteiger partial charge on any atom is -0.481 e. The molecule has 0 aromatic rings. The number of rotatable bonds is 3. The van der Waals surface area contributed by atoms with E-state index in [2.05, 4.69) is 0 Å². The van der Waals surface area contributed by atoms with Gasteiger partial charge in [0.25, 0.3) is 0 Å². The largest absolute Gasteiger partial charge is 0.481 e. The van der Waals surface area contributed by atoms with Gasteiger partial charge in [-0.05, 0) is 12.8 Å². The Hall–Kier alpha value is -1.59. The highest BCUT2D eigenvalue weighted by atomic mass is 16.6. The van der Waals surface area contributed by atoms with Gasteiger partial charge in [0.15, 0.2) is 0 Å². The lowest BCUT2D eigenvalue weighted by molar-refractivity contribution is -0.171. The van der Waals surface area contributed by atoms with E-state index in [-0.39, 0.29) is 18.8 Å². The minimum absolute atomic E-state index is 0.201. The average molecular weight is 258 g/mol. The van der Waals surface area contributed by atoms with Gasteiger partial charge < -0.3 is 14.6 Å². The van der Waals surface area contributed by atoms with Crippen molar-refractivity contribution in [1.82, 2.24) is 0 Å². The number of carbonyl (C=O) groups is 3. The number of carbonyl (C=O) groups excluding carboxylic acids is 2. The van der Waals surface area contributed by atoms with Crippen molar-refractivity contribution in [2.45, 2.75) is 45.8 Å². The zero-order valence-corrected chi connectivity index (χ0v) is 10.7. The molecular weight excluding hydrogens is 240 g/mol. The Morgan fingerprint density at radius 1 is 1.00 bits per heavy atom. The Kier molecular flexibility index (Phi) is 4.69. The molecule has 0 bridgehead atoms. The van der Waals surface area contributed by atoms with Crippen LogP contribution in [0.4, 0.5) is 0 Å². The molecule has 0 heterocycles. The van der Waals surface area contributed by atoms with Crippen LogP contribution in [0.3, 0.4) is 0 Å². The Morgan fingerprint density at radius 2 is 1.39 bits per heavy atom. The van der Waals surface area contributed by atoms with Crippen LogP contribution in [0.15, 0.2) is 0 Å². The van der Waals surface area contributed by atoms with E-state index in [4.69, 9.17) is 14.6 Å². The maximum absolute atomic E-state index is 11.0. The van der Waals surface area contributed by atoms with Gasteiger partial charge in [0.05, 0.1) is 5.92 Å². The smallest absolute Gasteiger partial charge is 0.306 e. The zero-order valence-electron chi connectivity index (χ0n) is 10.7. The van der Waals surface area contributed by atoms with Crippen molar-refractivity contribution in [2.24, 2.45) is 11.8 Å². The van der Waals surface area contributed by atoms with E-state index in [0.29, 0.717) is 0 Å². The van der Waals surface area contributed by atoms with Crippen molar-refractivity contribution in [2.75, 3.05) is 0 Å². The summed E-state index contributed by atoms with van der Waals surface area (Å²) in [7, 11) is 0. The number of carboxylic acids is 1. The lowest BCUT2D eigenvalue weighted by Crippen LogP contribution is -2.44. The van der Waals surface area contributed by atoms with Crippen LogP contribution < -0.4 is 0 Å². The molecule has 1 rings (SSSR count). The number of ether oxygens (including phenoxy) is 2. The first-order valence-electron chi connectivity index (χ1n) is 5.88. The van der Waals surface area contributed by atoms with Crippen molar-refractivity contribution < 1.29 is 29.0 Å². The van der Waals surface area contributed by atoms with Crippen LogP contribution >= 0.6 is 0 Å². The molecule has 6 nitrogen and oxygen atoms in total. The molecule has 1 N–H and O–H groups in total. The predicted octanol–water partition coefficient (Wildman–Crippen LogP) is 0.980. The van der Waals surface area contributed by atoms with Gasteiger partial charge in [-0.25, -0.2) is 0 Å². The van der Waals surface area contributed by atoms with E-state index in [1.54, 1.807) is 6.92 Å². The van der Waals surface area contributed by atoms with E-state index in [1.165, 1.54) is 13.8 Å². The topological polar surface area (TPSA) is 89.9 Å². The normalized spacial score (nSPS) is 31.5. The summed E-state index contributed by atoms with van der Waals surface area (Å²) in [5.74, 6) is -2.74. The second kappa shape index (κ2) is 5.84. The summed E-state index contributed by atoms with van der Waals surface area (Å²) in [6.45, 7) is 4.34. The van der Waals surface area contributed by atoms with Gasteiger partial charge in [-0.3, -0.25) is 14.4 Å². The summed E-state index contributed by atoms with van der Waals surface area (Å²) < 4.78 is 10.2. The molecular formula is C12H18O6. The summed E-state index contributed by atoms with van der Waals surface area (Å²) in [5, 5.41) is 9.05. The highest BCUT2D eigenvalue weighted by Gasteiger charge is 2.41. The molecule has 0 aromatic heterocycles. The molecule has 1 fully saturated rings. The Bertz CT molecular complexity index is 324. The molecule has 1 aliphatic carbocycles. The Labute approximate surface area is 105 Å². The van der Waals surface area contributed by atoms with Crippen LogP contribution in [-0.2, 0) is 23.9 Å².